The molecule has 0 spiro atoms. The summed E-state index contributed by atoms with van der Waals surface area (Å²) < 4.78 is 2.86. The normalized spacial score (nSPS) is 10.8. The summed E-state index contributed by atoms with van der Waals surface area (Å²) in [6, 6.07) is 12.8. The molecule has 8 heteroatoms. The lowest BCUT2D eigenvalue weighted by atomic mass is 10.2. The van der Waals surface area contributed by atoms with Crippen molar-refractivity contribution in [1.29, 1.82) is 0 Å². The minimum absolute atomic E-state index is 0.127. The van der Waals surface area contributed by atoms with E-state index in [9.17, 15) is 9.59 Å². The monoisotopic (exact) mass is 405 g/mol. The maximum atomic E-state index is 12.6. The summed E-state index contributed by atoms with van der Waals surface area (Å²) in [5, 5.41) is 6.21. The van der Waals surface area contributed by atoms with Crippen molar-refractivity contribution in [2.75, 3.05) is 10.6 Å². The van der Waals surface area contributed by atoms with Crippen molar-refractivity contribution in [3.8, 4) is 0 Å². The smallest absolute Gasteiger partial charge is 0.257 e. The highest BCUT2D eigenvalue weighted by Gasteiger charge is 2.11. The van der Waals surface area contributed by atoms with Crippen LogP contribution in [0, 0.1) is 6.92 Å². The van der Waals surface area contributed by atoms with Gasteiger partial charge in [0, 0.05) is 36.6 Å². The lowest BCUT2D eigenvalue weighted by molar-refractivity contribution is -0.116. The van der Waals surface area contributed by atoms with Crippen LogP contribution in [0.15, 0.2) is 61.2 Å². The molecule has 2 amide bonds. The molecule has 0 aliphatic heterocycles. The number of anilines is 2. The molecule has 0 aliphatic carbocycles. The standard InChI is InChI=1S/C21H19N5O2S/c1-14-5-6-17-18(11-14)29-21(24-17)25-20(28)15-3-2-4-16(12-15)23-19(27)7-9-26-10-8-22-13-26/h2-6,8,10-13H,7,9H2,1H3,(H,23,27)(H,24,25,28). The molecule has 2 N–H and O–H groups in total. The zero-order chi connectivity index (χ0) is 20.2. The Kier molecular flexibility index (Phi) is 5.35. The summed E-state index contributed by atoms with van der Waals surface area (Å²) in [4.78, 5) is 33.2. The van der Waals surface area contributed by atoms with Crippen molar-refractivity contribution in [1.82, 2.24) is 14.5 Å². The molecule has 0 aliphatic rings. The molecule has 0 fully saturated rings. The predicted molar refractivity (Wildman–Crippen MR) is 114 cm³/mol. The first-order valence-electron chi connectivity index (χ1n) is 9.11. The molecular formula is C21H19N5O2S. The number of hydrogen-bond donors (Lipinski definition) is 2. The van der Waals surface area contributed by atoms with Gasteiger partial charge in [-0.15, -0.1) is 0 Å². The van der Waals surface area contributed by atoms with Gasteiger partial charge in [-0.2, -0.15) is 0 Å². The van der Waals surface area contributed by atoms with E-state index in [1.54, 1.807) is 36.8 Å². The van der Waals surface area contributed by atoms with Gasteiger partial charge in [0.2, 0.25) is 5.91 Å². The van der Waals surface area contributed by atoms with Crippen molar-refractivity contribution in [3.05, 3.63) is 72.3 Å². The SMILES string of the molecule is Cc1ccc2nc(NC(=O)c3cccc(NC(=O)CCn4ccnc4)c3)sc2c1. The van der Waals surface area contributed by atoms with Gasteiger partial charge in [0.25, 0.3) is 5.91 Å². The van der Waals surface area contributed by atoms with E-state index >= 15 is 0 Å². The number of amides is 2. The quantitative estimate of drug-likeness (QED) is 0.506. The zero-order valence-electron chi connectivity index (χ0n) is 15.8. The summed E-state index contributed by atoms with van der Waals surface area (Å²) in [6.45, 7) is 2.57. The fraction of sp³-hybridized carbons (Fsp3) is 0.143. The number of fused-ring (bicyclic) bond motifs is 1. The number of carbonyl (C=O) groups is 2. The molecule has 0 atom stereocenters. The van der Waals surface area contributed by atoms with Crippen LogP contribution in [0.2, 0.25) is 0 Å². The van der Waals surface area contributed by atoms with Crippen LogP contribution in [0.3, 0.4) is 0 Å². The molecule has 0 saturated heterocycles. The number of aryl methyl sites for hydroxylation is 2. The molecule has 4 rings (SSSR count). The van der Waals surface area contributed by atoms with Gasteiger partial charge in [-0.3, -0.25) is 14.9 Å². The molecule has 2 aromatic carbocycles. The van der Waals surface area contributed by atoms with E-state index in [0.29, 0.717) is 29.3 Å². The van der Waals surface area contributed by atoms with Crippen LogP contribution in [0.5, 0.6) is 0 Å². The van der Waals surface area contributed by atoms with Gasteiger partial charge >= 0.3 is 0 Å². The highest BCUT2D eigenvalue weighted by Crippen LogP contribution is 2.27. The number of rotatable bonds is 6. The summed E-state index contributed by atoms with van der Waals surface area (Å²) in [5.41, 5.74) is 3.03. The third kappa shape index (κ3) is 4.67. The van der Waals surface area contributed by atoms with E-state index in [0.717, 1.165) is 15.8 Å². The Labute approximate surface area is 171 Å². The number of hydrogen-bond acceptors (Lipinski definition) is 5. The Balaban J connectivity index is 1.40. The van der Waals surface area contributed by atoms with Crippen LogP contribution >= 0.6 is 11.3 Å². The van der Waals surface area contributed by atoms with E-state index in [-0.39, 0.29) is 11.8 Å². The van der Waals surface area contributed by atoms with Gasteiger partial charge in [0.15, 0.2) is 5.13 Å². The Morgan fingerprint density at radius 1 is 1.14 bits per heavy atom. The largest absolute Gasteiger partial charge is 0.337 e. The van der Waals surface area contributed by atoms with Gasteiger partial charge in [-0.25, -0.2) is 9.97 Å². The van der Waals surface area contributed by atoms with Gasteiger partial charge in [0.1, 0.15) is 0 Å². The van der Waals surface area contributed by atoms with E-state index in [1.807, 2.05) is 35.9 Å². The van der Waals surface area contributed by atoms with Crippen molar-refractivity contribution >= 4 is 44.2 Å². The first-order chi connectivity index (χ1) is 14.1. The second kappa shape index (κ2) is 8.24. The average Bonchev–Trinajstić information content (AvgIpc) is 3.35. The number of thiazole rings is 1. The second-order valence-electron chi connectivity index (χ2n) is 6.62. The molecular weight excluding hydrogens is 386 g/mol. The number of aromatic nitrogens is 3. The van der Waals surface area contributed by atoms with Crippen LogP contribution in [0.25, 0.3) is 10.2 Å². The molecule has 29 heavy (non-hydrogen) atoms. The Morgan fingerprint density at radius 2 is 2.03 bits per heavy atom. The van der Waals surface area contributed by atoms with E-state index in [4.69, 9.17) is 0 Å². The fourth-order valence-corrected chi connectivity index (χ4v) is 3.83. The number of imidazole rings is 1. The third-order valence-electron chi connectivity index (χ3n) is 4.33. The highest BCUT2D eigenvalue weighted by atomic mass is 32.1. The lowest BCUT2D eigenvalue weighted by Gasteiger charge is -2.08. The van der Waals surface area contributed by atoms with E-state index in [2.05, 4.69) is 20.6 Å². The topological polar surface area (TPSA) is 88.9 Å². The number of nitrogens with one attached hydrogen (secondary N) is 2. The van der Waals surface area contributed by atoms with Crippen molar-refractivity contribution < 1.29 is 9.59 Å². The van der Waals surface area contributed by atoms with Gasteiger partial charge in [-0.1, -0.05) is 23.5 Å². The van der Waals surface area contributed by atoms with Crippen molar-refractivity contribution in [3.63, 3.8) is 0 Å². The maximum absolute atomic E-state index is 12.6. The third-order valence-corrected chi connectivity index (χ3v) is 5.26. The van der Waals surface area contributed by atoms with Gasteiger partial charge in [0.05, 0.1) is 16.5 Å². The summed E-state index contributed by atoms with van der Waals surface area (Å²) in [5.74, 6) is -0.395. The number of carbonyl (C=O) groups excluding carboxylic acids is 2. The highest BCUT2D eigenvalue weighted by molar-refractivity contribution is 7.22. The fourth-order valence-electron chi connectivity index (χ4n) is 2.87. The van der Waals surface area contributed by atoms with E-state index < -0.39 is 0 Å². The first-order valence-corrected chi connectivity index (χ1v) is 9.93. The molecule has 2 aromatic heterocycles. The van der Waals surface area contributed by atoms with Crippen LogP contribution in [0.4, 0.5) is 10.8 Å². The minimum Gasteiger partial charge on any atom is -0.337 e. The Bertz CT molecular complexity index is 1170. The number of benzene rings is 2. The first kappa shape index (κ1) is 18.8. The van der Waals surface area contributed by atoms with E-state index in [1.165, 1.54) is 11.3 Å². The van der Waals surface area contributed by atoms with Crippen LogP contribution in [-0.2, 0) is 11.3 Å². The lowest BCUT2D eigenvalue weighted by Crippen LogP contribution is -2.15. The van der Waals surface area contributed by atoms with Crippen LogP contribution < -0.4 is 10.6 Å². The van der Waals surface area contributed by atoms with Crippen molar-refractivity contribution in [2.24, 2.45) is 0 Å². The van der Waals surface area contributed by atoms with Gasteiger partial charge < -0.3 is 9.88 Å². The molecule has 146 valence electrons. The number of nitrogens with zero attached hydrogens (tertiary/aromatic N) is 3. The Hall–Kier alpha value is -3.52. The van der Waals surface area contributed by atoms with Gasteiger partial charge in [-0.05, 0) is 42.8 Å². The van der Waals surface area contributed by atoms with Crippen molar-refractivity contribution in [2.45, 2.75) is 19.9 Å². The summed E-state index contributed by atoms with van der Waals surface area (Å²) in [6.07, 6.45) is 5.47. The second-order valence-corrected chi connectivity index (χ2v) is 7.65. The summed E-state index contributed by atoms with van der Waals surface area (Å²) in [7, 11) is 0. The summed E-state index contributed by atoms with van der Waals surface area (Å²) >= 11 is 1.43. The molecule has 2 heterocycles. The Morgan fingerprint density at radius 3 is 2.86 bits per heavy atom. The molecule has 0 saturated carbocycles. The minimum atomic E-state index is -0.268. The molecule has 7 nitrogen and oxygen atoms in total. The van der Waals surface area contributed by atoms with Crippen LogP contribution in [-0.4, -0.2) is 26.3 Å². The molecule has 0 radical (unpaired) electrons. The average molecular weight is 405 g/mol. The predicted octanol–water partition coefficient (Wildman–Crippen LogP) is 4.08. The zero-order valence-corrected chi connectivity index (χ0v) is 16.6. The molecule has 0 bridgehead atoms. The maximum Gasteiger partial charge on any atom is 0.257 e. The van der Waals surface area contributed by atoms with Crippen LogP contribution in [0.1, 0.15) is 22.3 Å². The molecule has 4 aromatic rings. The molecule has 0 unspecified atom stereocenters.